The van der Waals surface area contributed by atoms with Crippen LogP contribution in [-0.4, -0.2) is 32.8 Å². The number of hydrogen-bond acceptors (Lipinski definition) is 4. The first-order valence-corrected chi connectivity index (χ1v) is 9.93. The summed E-state index contributed by atoms with van der Waals surface area (Å²) < 4.78 is 22.5. The molecule has 8 heteroatoms. The minimum absolute atomic E-state index is 0.0455. The molecule has 0 aliphatic rings. The van der Waals surface area contributed by atoms with Crippen LogP contribution in [-0.2, 0) is 21.4 Å². The summed E-state index contributed by atoms with van der Waals surface area (Å²) in [6.45, 7) is 2.56. The number of primary sulfonamides is 1. The lowest BCUT2D eigenvalue weighted by Crippen LogP contribution is -2.36. The van der Waals surface area contributed by atoms with Gasteiger partial charge in [-0.15, -0.1) is 0 Å². The molecule has 0 aromatic heterocycles. The molecular weight excluding hydrogens is 374 g/mol. The Balaban J connectivity index is 1.87. The van der Waals surface area contributed by atoms with Crippen LogP contribution in [0.4, 0.5) is 0 Å². The smallest absolute Gasteiger partial charge is 0.238 e. The van der Waals surface area contributed by atoms with Gasteiger partial charge in [-0.2, -0.15) is 0 Å². The van der Waals surface area contributed by atoms with Crippen molar-refractivity contribution in [1.29, 1.82) is 0 Å². The maximum absolute atomic E-state index is 12.2. The van der Waals surface area contributed by atoms with Crippen molar-refractivity contribution in [2.75, 3.05) is 13.6 Å². The fourth-order valence-electron chi connectivity index (χ4n) is 2.41. The summed E-state index contributed by atoms with van der Waals surface area (Å²) in [6, 6.07) is 13.7. The van der Waals surface area contributed by atoms with Crippen LogP contribution in [0.2, 0.25) is 5.02 Å². The lowest BCUT2D eigenvalue weighted by Gasteiger charge is -2.24. The van der Waals surface area contributed by atoms with E-state index in [4.69, 9.17) is 16.7 Å². The number of rotatable bonds is 7. The van der Waals surface area contributed by atoms with Crippen molar-refractivity contribution in [1.82, 2.24) is 10.2 Å². The van der Waals surface area contributed by atoms with Crippen LogP contribution in [0.25, 0.3) is 0 Å². The molecule has 26 heavy (non-hydrogen) atoms. The Labute approximate surface area is 159 Å². The van der Waals surface area contributed by atoms with Gasteiger partial charge in [0.25, 0.3) is 0 Å². The summed E-state index contributed by atoms with van der Waals surface area (Å²) >= 11 is 5.90. The highest BCUT2D eigenvalue weighted by molar-refractivity contribution is 7.89. The molecule has 0 saturated heterocycles. The van der Waals surface area contributed by atoms with Crippen molar-refractivity contribution < 1.29 is 13.2 Å². The van der Waals surface area contributed by atoms with E-state index >= 15 is 0 Å². The van der Waals surface area contributed by atoms with Crippen molar-refractivity contribution in [2.45, 2.75) is 24.4 Å². The number of hydrogen-bond donors (Lipinski definition) is 2. The topological polar surface area (TPSA) is 92.5 Å². The van der Waals surface area contributed by atoms with Crippen LogP contribution >= 0.6 is 11.6 Å². The molecule has 0 bridgehead atoms. The molecule has 3 N–H and O–H groups in total. The van der Waals surface area contributed by atoms with Crippen LogP contribution in [0, 0.1) is 0 Å². The lowest BCUT2D eigenvalue weighted by molar-refractivity contribution is -0.122. The lowest BCUT2D eigenvalue weighted by atomic mass is 10.1. The molecule has 0 saturated carbocycles. The van der Waals surface area contributed by atoms with Gasteiger partial charge in [-0.05, 0) is 49.4 Å². The SMILES string of the molecule is CC(c1ccc(Cl)cc1)N(C)CC(=O)NCc1ccc(S(N)(=O)=O)cc1. The second kappa shape index (κ2) is 8.64. The molecular formula is C18H22ClN3O3S. The molecule has 0 aliphatic carbocycles. The number of amides is 1. The zero-order valence-corrected chi connectivity index (χ0v) is 16.2. The van der Waals surface area contributed by atoms with Gasteiger partial charge < -0.3 is 5.32 Å². The molecule has 2 rings (SSSR count). The predicted octanol–water partition coefficient (Wildman–Crippen LogP) is 2.30. The van der Waals surface area contributed by atoms with Crippen molar-refractivity contribution in [3.05, 3.63) is 64.7 Å². The molecule has 0 radical (unpaired) electrons. The summed E-state index contributed by atoms with van der Waals surface area (Å²) in [4.78, 5) is 14.1. The van der Waals surface area contributed by atoms with Crippen molar-refractivity contribution in [3.63, 3.8) is 0 Å². The summed E-state index contributed by atoms with van der Waals surface area (Å²) in [5, 5.41) is 8.55. The van der Waals surface area contributed by atoms with E-state index in [9.17, 15) is 13.2 Å². The first kappa shape index (κ1) is 20.4. The number of likely N-dealkylation sites (N-methyl/N-ethyl adjacent to an activating group) is 1. The zero-order chi connectivity index (χ0) is 19.3. The molecule has 0 aliphatic heterocycles. The van der Waals surface area contributed by atoms with E-state index in [2.05, 4.69) is 5.32 Å². The first-order chi connectivity index (χ1) is 12.2. The minimum atomic E-state index is -3.71. The number of nitrogens with one attached hydrogen (secondary N) is 1. The Hall–Kier alpha value is -1.93. The second-order valence-electron chi connectivity index (χ2n) is 6.11. The van der Waals surface area contributed by atoms with Crippen LogP contribution in [0.5, 0.6) is 0 Å². The molecule has 0 heterocycles. The van der Waals surface area contributed by atoms with Gasteiger partial charge >= 0.3 is 0 Å². The summed E-state index contributed by atoms with van der Waals surface area (Å²) in [5.74, 6) is -0.121. The van der Waals surface area contributed by atoms with E-state index < -0.39 is 10.0 Å². The Morgan fingerprint density at radius 3 is 2.27 bits per heavy atom. The maximum atomic E-state index is 12.2. The van der Waals surface area contributed by atoms with Crippen LogP contribution < -0.4 is 10.5 Å². The number of sulfonamides is 1. The average Bonchev–Trinajstić information content (AvgIpc) is 2.59. The van der Waals surface area contributed by atoms with Gasteiger partial charge in [-0.1, -0.05) is 35.9 Å². The van der Waals surface area contributed by atoms with E-state index in [1.165, 1.54) is 12.1 Å². The highest BCUT2D eigenvalue weighted by Crippen LogP contribution is 2.20. The van der Waals surface area contributed by atoms with Crippen molar-refractivity contribution in [3.8, 4) is 0 Å². The van der Waals surface area contributed by atoms with Gasteiger partial charge in [0, 0.05) is 17.6 Å². The number of carbonyl (C=O) groups is 1. The maximum Gasteiger partial charge on any atom is 0.238 e. The number of benzene rings is 2. The third kappa shape index (κ3) is 5.81. The van der Waals surface area contributed by atoms with Gasteiger partial charge in [0.05, 0.1) is 11.4 Å². The molecule has 1 atom stereocenters. The second-order valence-corrected chi connectivity index (χ2v) is 8.11. The molecule has 1 unspecified atom stereocenters. The van der Waals surface area contributed by atoms with Crippen LogP contribution in [0.3, 0.4) is 0 Å². The quantitative estimate of drug-likeness (QED) is 0.752. The van der Waals surface area contributed by atoms with Gasteiger partial charge in [0.1, 0.15) is 0 Å². The first-order valence-electron chi connectivity index (χ1n) is 8.01. The Morgan fingerprint density at radius 1 is 1.15 bits per heavy atom. The Kier molecular flexibility index (Phi) is 6.77. The van der Waals surface area contributed by atoms with Crippen LogP contribution in [0.1, 0.15) is 24.1 Å². The predicted molar refractivity (Wildman–Crippen MR) is 102 cm³/mol. The van der Waals surface area contributed by atoms with E-state index in [0.717, 1.165) is 11.1 Å². The number of nitrogens with zero attached hydrogens (tertiary/aromatic N) is 1. The minimum Gasteiger partial charge on any atom is -0.351 e. The van der Waals surface area contributed by atoms with E-state index in [0.29, 0.717) is 11.6 Å². The van der Waals surface area contributed by atoms with Gasteiger partial charge in [-0.3, -0.25) is 9.69 Å². The number of nitrogens with two attached hydrogens (primary N) is 1. The molecule has 2 aromatic rings. The van der Waals surface area contributed by atoms with E-state index in [1.54, 1.807) is 12.1 Å². The highest BCUT2D eigenvalue weighted by atomic mass is 35.5. The molecule has 1 amide bonds. The molecule has 0 spiro atoms. The number of carbonyl (C=O) groups excluding carboxylic acids is 1. The van der Waals surface area contributed by atoms with Gasteiger partial charge in [0.15, 0.2) is 0 Å². The normalized spacial score (nSPS) is 12.8. The van der Waals surface area contributed by atoms with Crippen molar-refractivity contribution in [2.24, 2.45) is 5.14 Å². The van der Waals surface area contributed by atoms with Gasteiger partial charge in [-0.25, -0.2) is 13.6 Å². The fourth-order valence-corrected chi connectivity index (χ4v) is 3.05. The van der Waals surface area contributed by atoms with E-state index in [1.807, 2.05) is 43.1 Å². The monoisotopic (exact) mass is 395 g/mol. The highest BCUT2D eigenvalue weighted by Gasteiger charge is 2.15. The van der Waals surface area contributed by atoms with E-state index in [-0.39, 0.29) is 23.4 Å². The summed E-state index contributed by atoms with van der Waals surface area (Å²) in [6.07, 6.45) is 0. The fraction of sp³-hybridized carbons (Fsp3) is 0.278. The van der Waals surface area contributed by atoms with Gasteiger partial charge in [0.2, 0.25) is 15.9 Å². The largest absolute Gasteiger partial charge is 0.351 e. The molecule has 2 aromatic carbocycles. The Morgan fingerprint density at radius 2 is 1.73 bits per heavy atom. The molecule has 6 nitrogen and oxygen atoms in total. The standard InChI is InChI=1S/C18H22ClN3O3S/c1-13(15-5-7-16(19)8-6-15)22(2)12-18(23)21-11-14-3-9-17(10-4-14)26(20,24)25/h3-10,13H,11-12H2,1-2H3,(H,21,23)(H2,20,24,25). The third-order valence-electron chi connectivity index (χ3n) is 4.15. The van der Waals surface area contributed by atoms with Crippen molar-refractivity contribution >= 4 is 27.5 Å². The summed E-state index contributed by atoms with van der Waals surface area (Å²) in [7, 11) is -1.83. The molecule has 0 fully saturated rings. The molecule has 140 valence electrons. The average molecular weight is 396 g/mol. The van der Waals surface area contributed by atoms with Crippen LogP contribution in [0.15, 0.2) is 53.4 Å². The Bertz CT molecular complexity index is 852. The zero-order valence-electron chi connectivity index (χ0n) is 14.6. The summed E-state index contributed by atoms with van der Waals surface area (Å²) in [5.41, 5.74) is 1.86. The third-order valence-corrected chi connectivity index (χ3v) is 5.33. The number of halogens is 1.